The number of sulfonamides is 1. The van der Waals surface area contributed by atoms with Gasteiger partial charge in [0.15, 0.2) is 0 Å². The van der Waals surface area contributed by atoms with Gasteiger partial charge in [0, 0.05) is 20.2 Å². The third-order valence-electron chi connectivity index (χ3n) is 3.47. The molecule has 1 saturated carbocycles. The summed E-state index contributed by atoms with van der Waals surface area (Å²) in [6.07, 6.45) is 5.39. The van der Waals surface area contributed by atoms with E-state index in [9.17, 15) is 8.42 Å². The second kappa shape index (κ2) is 6.05. The van der Waals surface area contributed by atoms with Crippen molar-refractivity contribution < 1.29 is 8.42 Å². The molecule has 106 valence electrons. The van der Waals surface area contributed by atoms with Gasteiger partial charge in [-0.3, -0.25) is 0 Å². The molecule has 7 heteroatoms. The van der Waals surface area contributed by atoms with Gasteiger partial charge in [0.25, 0.3) is 0 Å². The Labute approximate surface area is 135 Å². The summed E-state index contributed by atoms with van der Waals surface area (Å²) in [6, 6.07) is 5.07. The largest absolute Gasteiger partial charge is 0.241 e. The van der Waals surface area contributed by atoms with Gasteiger partial charge in [0.1, 0.15) is 0 Å². The maximum Gasteiger partial charge on any atom is 0.241 e. The molecule has 2 rings (SSSR count). The van der Waals surface area contributed by atoms with E-state index in [2.05, 4.69) is 36.6 Å². The molecule has 0 unspecified atom stereocenters. The molecule has 0 saturated heterocycles. The molecule has 0 amide bonds. The monoisotopic (exact) mass is 427 g/mol. The molecule has 3 nitrogen and oxygen atoms in total. The Bertz CT molecular complexity index is 566. The number of halogens is 2. The molecule has 1 N–H and O–H groups in total. The third kappa shape index (κ3) is 3.56. The summed E-state index contributed by atoms with van der Waals surface area (Å²) in [5.74, 6) is 0. The fraction of sp³-hybridized carbons (Fsp3) is 0.500. The smallest absolute Gasteiger partial charge is 0.210 e. The first-order chi connectivity index (χ1) is 8.88. The van der Waals surface area contributed by atoms with Crippen molar-refractivity contribution in [3.63, 3.8) is 0 Å². The third-order valence-corrected chi connectivity index (χ3v) is 7.76. The van der Waals surface area contributed by atoms with E-state index in [1.807, 2.05) is 6.26 Å². The van der Waals surface area contributed by atoms with E-state index in [-0.39, 0.29) is 9.64 Å². The van der Waals surface area contributed by atoms with E-state index in [4.69, 9.17) is 0 Å². The normalized spacial score (nSPS) is 18.1. The Morgan fingerprint density at radius 3 is 2.53 bits per heavy atom. The van der Waals surface area contributed by atoms with Crippen LogP contribution in [-0.2, 0) is 10.0 Å². The van der Waals surface area contributed by atoms with Crippen molar-refractivity contribution in [2.75, 3.05) is 12.8 Å². The van der Waals surface area contributed by atoms with Crippen LogP contribution in [0.15, 0.2) is 32.0 Å². The summed E-state index contributed by atoms with van der Waals surface area (Å²) in [5.41, 5.74) is 0. The van der Waals surface area contributed by atoms with E-state index < -0.39 is 10.0 Å². The van der Waals surface area contributed by atoms with Crippen LogP contribution in [0.3, 0.4) is 0 Å². The molecule has 0 aliphatic heterocycles. The van der Waals surface area contributed by atoms with Crippen molar-refractivity contribution in [2.24, 2.45) is 0 Å². The fourth-order valence-corrected chi connectivity index (χ4v) is 5.90. The molecule has 0 atom stereocenters. The van der Waals surface area contributed by atoms with E-state index in [0.29, 0.717) is 11.0 Å². The predicted octanol–water partition coefficient (Wildman–Crippen LogP) is 3.78. The number of nitrogens with one attached hydrogen (secondary N) is 1. The number of benzene rings is 1. The standard InChI is InChI=1S/C12H15Br2NO2S2/c1-18-12(5-2-6-12)8-15-19(16,17)11-4-3-9(13)7-10(11)14/h3-4,7,15H,2,5-6,8H2,1H3. The Morgan fingerprint density at radius 2 is 2.05 bits per heavy atom. The molecule has 0 radical (unpaired) electrons. The molecule has 0 heterocycles. The highest BCUT2D eigenvalue weighted by atomic mass is 79.9. The van der Waals surface area contributed by atoms with Crippen LogP contribution < -0.4 is 4.72 Å². The van der Waals surface area contributed by atoms with Crippen LogP contribution in [0, 0.1) is 0 Å². The van der Waals surface area contributed by atoms with Gasteiger partial charge in [-0.05, 0) is 53.2 Å². The summed E-state index contributed by atoms with van der Waals surface area (Å²) in [4.78, 5) is 0.284. The van der Waals surface area contributed by atoms with Gasteiger partial charge >= 0.3 is 0 Å². The maximum absolute atomic E-state index is 12.3. The SMILES string of the molecule is CSC1(CNS(=O)(=O)c2ccc(Br)cc2Br)CCC1. The zero-order valence-corrected chi connectivity index (χ0v) is 15.3. The zero-order chi connectivity index (χ0) is 14.1. The highest BCUT2D eigenvalue weighted by molar-refractivity contribution is 9.11. The Balaban J connectivity index is 2.14. The van der Waals surface area contributed by atoms with Crippen LogP contribution >= 0.6 is 43.6 Å². The minimum Gasteiger partial charge on any atom is -0.210 e. The van der Waals surface area contributed by atoms with Gasteiger partial charge in [-0.2, -0.15) is 11.8 Å². The van der Waals surface area contributed by atoms with Crippen molar-refractivity contribution >= 4 is 53.6 Å². The molecule has 0 aromatic heterocycles. The Kier molecular flexibility index (Phi) is 5.04. The number of rotatable bonds is 5. The van der Waals surface area contributed by atoms with E-state index in [0.717, 1.165) is 17.3 Å². The molecule has 0 bridgehead atoms. The van der Waals surface area contributed by atoms with Gasteiger partial charge in [-0.1, -0.05) is 22.4 Å². The van der Waals surface area contributed by atoms with Crippen molar-refractivity contribution in [3.8, 4) is 0 Å². The molecule has 1 aromatic carbocycles. The summed E-state index contributed by atoms with van der Waals surface area (Å²) >= 11 is 8.37. The quantitative estimate of drug-likeness (QED) is 0.776. The molecular formula is C12H15Br2NO2S2. The molecule has 1 aliphatic rings. The van der Waals surface area contributed by atoms with Crippen molar-refractivity contribution in [3.05, 3.63) is 27.1 Å². The van der Waals surface area contributed by atoms with E-state index in [1.165, 1.54) is 6.42 Å². The van der Waals surface area contributed by atoms with Crippen LogP contribution in [0.4, 0.5) is 0 Å². The minimum atomic E-state index is -3.46. The molecular weight excluding hydrogens is 414 g/mol. The van der Waals surface area contributed by atoms with E-state index in [1.54, 1.807) is 30.0 Å². The predicted molar refractivity (Wildman–Crippen MR) is 87.1 cm³/mol. The van der Waals surface area contributed by atoms with Crippen molar-refractivity contribution in [1.29, 1.82) is 0 Å². The van der Waals surface area contributed by atoms with E-state index >= 15 is 0 Å². The van der Waals surface area contributed by atoms with Crippen LogP contribution in [0.25, 0.3) is 0 Å². The Hall–Kier alpha value is 0.440. The van der Waals surface area contributed by atoms with Gasteiger partial charge in [-0.15, -0.1) is 0 Å². The molecule has 1 aromatic rings. The molecule has 1 aliphatic carbocycles. The number of hydrogen-bond acceptors (Lipinski definition) is 3. The van der Waals surface area contributed by atoms with Crippen LogP contribution in [0.5, 0.6) is 0 Å². The first-order valence-corrected chi connectivity index (χ1v) is 10.2. The lowest BCUT2D eigenvalue weighted by Crippen LogP contribution is -2.45. The maximum atomic E-state index is 12.3. The van der Waals surface area contributed by atoms with Crippen LogP contribution in [0.1, 0.15) is 19.3 Å². The van der Waals surface area contributed by atoms with Gasteiger partial charge < -0.3 is 0 Å². The number of hydrogen-bond donors (Lipinski definition) is 1. The van der Waals surface area contributed by atoms with Gasteiger partial charge in [-0.25, -0.2) is 13.1 Å². The minimum absolute atomic E-state index is 0.0922. The topological polar surface area (TPSA) is 46.2 Å². The summed E-state index contributed by atoms with van der Waals surface area (Å²) < 4.78 is 28.8. The van der Waals surface area contributed by atoms with Crippen molar-refractivity contribution in [2.45, 2.75) is 28.9 Å². The zero-order valence-electron chi connectivity index (χ0n) is 10.4. The van der Waals surface area contributed by atoms with Gasteiger partial charge in [0.2, 0.25) is 10.0 Å². The summed E-state index contributed by atoms with van der Waals surface area (Å²) in [5, 5.41) is 0. The lowest BCUT2D eigenvalue weighted by atomic mass is 9.84. The highest BCUT2D eigenvalue weighted by Crippen LogP contribution is 2.42. The molecule has 0 spiro atoms. The van der Waals surface area contributed by atoms with Crippen molar-refractivity contribution in [1.82, 2.24) is 4.72 Å². The lowest BCUT2D eigenvalue weighted by molar-refractivity contribution is 0.362. The molecule has 1 fully saturated rings. The second-order valence-corrected chi connectivity index (χ2v) is 9.42. The average molecular weight is 429 g/mol. The highest BCUT2D eigenvalue weighted by Gasteiger charge is 2.37. The first kappa shape index (κ1) is 15.8. The average Bonchev–Trinajstić information content (AvgIpc) is 2.27. The fourth-order valence-electron chi connectivity index (χ4n) is 2.02. The second-order valence-electron chi connectivity index (χ2n) is 4.64. The summed E-state index contributed by atoms with van der Waals surface area (Å²) in [7, 11) is -3.46. The Morgan fingerprint density at radius 1 is 1.37 bits per heavy atom. The number of thioether (sulfide) groups is 1. The first-order valence-electron chi connectivity index (χ1n) is 5.88. The van der Waals surface area contributed by atoms with Crippen LogP contribution in [-0.4, -0.2) is 26.0 Å². The lowest BCUT2D eigenvalue weighted by Gasteiger charge is -2.40. The molecule has 19 heavy (non-hydrogen) atoms. The summed E-state index contributed by atoms with van der Waals surface area (Å²) in [6.45, 7) is 0.499. The van der Waals surface area contributed by atoms with Crippen LogP contribution in [0.2, 0.25) is 0 Å². The van der Waals surface area contributed by atoms with Gasteiger partial charge in [0.05, 0.1) is 4.90 Å².